The van der Waals surface area contributed by atoms with Crippen LogP contribution in [0.3, 0.4) is 0 Å². The second-order valence-corrected chi connectivity index (χ2v) is 19.8. The Morgan fingerprint density at radius 3 is 1.24 bits per heavy atom. The van der Waals surface area contributed by atoms with Gasteiger partial charge in [-0.2, -0.15) is 5.26 Å². The van der Waals surface area contributed by atoms with Crippen LogP contribution in [-0.4, -0.2) is 15.3 Å². The van der Waals surface area contributed by atoms with Gasteiger partial charge in [0.05, 0.1) is 44.1 Å². The fourth-order valence-electron chi connectivity index (χ4n) is 12.5. The number of aromatic nitrogens is 2. The highest BCUT2D eigenvalue weighted by atomic mass is 16.3. The first-order valence-corrected chi connectivity index (χ1v) is 25.3. The average molecular weight is 973 g/mol. The van der Waals surface area contributed by atoms with Gasteiger partial charge in [0.25, 0.3) is 0 Å². The van der Waals surface area contributed by atoms with E-state index in [-0.39, 0.29) is 0 Å². The maximum atomic E-state index is 11.4. The van der Waals surface area contributed by atoms with Crippen LogP contribution in [0.5, 0.6) is 0 Å². The first kappa shape index (κ1) is 40.9. The largest absolute Gasteiger partial charge is 0.456 e. The van der Waals surface area contributed by atoms with Gasteiger partial charge in [-0.3, -0.25) is 0 Å². The van der Waals surface area contributed by atoms with Gasteiger partial charge in [-0.1, -0.05) is 97.1 Å². The molecule has 0 aliphatic heterocycles. The van der Waals surface area contributed by atoms with E-state index >= 15 is 0 Å². The zero-order chi connectivity index (χ0) is 49.9. The van der Waals surface area contributed by atoms with E-state index in [1.54, 1.807) is 0 Å². The van der Waals surface area contributed by atoms with Gasteiger partial charge in [-0.25, -0.2) is 0 Å². The van der Waals surface area contributed by atoms with Gasteiger partial charge in [0.15, 0.2) is 0 Å². The van der Waals surface area contributed by atoms with E-state index in [2.05, 4.69) is 130 Å². The SMILES string of the molecule is N#Cc1cc(-n2c3ccc(-c4ccc5oc6ccccc6c5c4)cc3c3c4oc5ccccc5c4ccc32)cc(C=N)c1-n1c2ccc(-c3ccc4oc5ccccc5c4c3)cc2c2c3oc4ccccc4c3ccc21. The minimum Gasteiger partial charge on any atom is -0.456 e. The fraction of sp³-hybridized carbons (Fsp3) is 0. The van der Waals surface area contributed by atoms with Gasteiger partial charge in [-0.15, -0.1) is 0 Å². The number of nitriles is 1. The molecule has 0 atom stereocenters. The van der Waals surface area contributed by atoms with Crippen molar-refractivity contribution in [1.82, 2.24) is 9.13 Å². The van der Waals surface area contributed by atoms with E-state index in [9.17, 15) is 5.26 Å². The highest BCUT2D eigenvalue weighted by Crippen LogP contribution is 2.46. The van der Waals surface area contributed by atoms with Crippen LogP contribution in [0.15, 0.2) is 224 Å². The fourth-order valence-corrected chi connectivity index (χ4v) is 12.5. The number of nitrogens with zero attached hydrogens (tertiary/aromatic N) is 3. The van der Waals surface area contributed by atoms with Gasteiger partial charge >= 0.3 is 0 Å². The molecular weight excluding hydrogens is 937 g/mol. The third-order valence-electron chi connectivity index (χ3n) is 15.8. The molecule has 0 unspecified atom stereocenters. The summed E-state index contributed by atoms with van der Waals surface area (Å²) in [6.45, 7) is 0. The van der Waals surface area contributed by atoms with E-state index < -0.39 is 0 Å². The normalized spacial score (nSPS) is 12.2. The summed E-state index contributed by atoms with van der Waals surface area (Å²) in [6, 6.07) is 73.6. The molecule has 0 fully saturated rings. The number of hydrogen-bond acceptors (Lipinski definition) is 6. The second kappa shape index (κ2) is 15.0. The van der Waals surface area contributed by atoms with Gasteiger partial charge in [0.1, 0.15) is 50.7 Å². The third kappa shape index (κ3) is 5.52. The minimum absolute atomic E-state index is 0.415. The van der Waals surface area contributed by atoms with Crippen LogP contribution in [-0.2, 0) is 0 Å². The van der Waals surface area contributed by atoms with Crippen LogP contribution >= 0.6 is 0 Å². The first-order chi connectivity index (χ1) is 37.6. The molecule has 0 saturated heterocycles. The van der Waals surface area contributed by atoms with Gasteiger partial charge < -0.3 is 32.2 Å². The van der Waals surface area contributed by atoms with E-state index in [0.717, 1.165) is 159 Å². The standard InChI is InChI=1S/C68H36N4O4/c69-35-41-29-43(71-54-23-17-37(39-19-27-62-50(31-39)46-11-3-5-13-58(46)73-62)33-52(54)64-56(71)25-21-48-44-9-1-7-15-60(44)75-67(48)64)30-42(36-70)66(41)72-55-24-18-38(40-20-28-63-51(32-40)47-12-4-6-14-59(47)74-63)34-53(55)65-57(72)26-22-49-45-10-2-8-16-61(45)76-68(49)65/h1-35,69H. The van der Waals surface area contributed by atoms with Crippen molar-refractivity contribution in [2.75, 3.05) is 0 Å². The lowest BCUT2D eigenvalue weighted by Crippen LogP contribution is -2.05. The molecule has 0 radical (unpaired) electrons. The molecule has 0 aliphatic carbocycles. The minimum atomic E-state index is 0.415. The van der Waals surface area contributed by atoms with E-state index in [1.807, 2.05) is 91.0 Å². The predicted molar refractivity (Wildman–Crippen MR) is 308 cm³/mol. The summed E-state index contributed by atoms with van der Waals surface area (Å²) in [5.41, 5.74) is 16.7. The molecule has 6 aromatic heterocycles. The van der Waals surface area contributed by atoms with Gasteiger partial charge in [0.2, 0.25) is 0 Å². The molecule has 352 valence electrons. The van der Waals surface area contributed by atoms with Crippen molar-refractivity contribution in [1.29, 1.82) is 10.7 Å². The molecule has 11 aromatic carbocycles. The van der Waals surface area contributed by atoms with Gasteiger partial charge in [-0.05, 0) is 131 Å². The van der Waals surface area contributed by atoms with Crippen molar-refractivity contribution in [3.05, 3.63) is 217 Å². The molecule has 6 heterocycles. The van der Waals surface area contributed by atoms with Crippen molar-refractivity contribution >= 4 is 138 Å². The topological polar surface area (TPSA) is 110 Å². The Morgan fingerprint density at radius 2 is 0.750 bits per heavy atom. The third-order valence-corrected chi connectivity index (χ3v) is 15.8. The van der Waals surface area contributed by atoms with Crippen LogP contribution in [0.1, 0.15) is 11.1 Å². The van der Waals surface area contributed by atoms with E-state index in [1.165, 1.54) is 6.21 Å². The van der Waals surface area contributed by atoms with Crippen LogP contribution in [0.4, 0.5) is 0 Å². The number of benzene rings is 11. The first-order valence-electron chi connectivity index (χ1n) is 25.3. The van der Waals surface area contributed by atoms with Gasteiger partial charge in [0, 0.05) is 71.3 Å². The summed E-state index contributed by atoms with van der Waals surface area (Å²) < 4.78 is 30.4. The second-order valence-electron chi connectivity index (χ2n) is 19.8. The average Bonchev–Trinajstić information content (AvgIpc) is 4.37. The summed E-state index contributed by atoms with van der Waals surface area (Å²) in [4.78, 5) is 0. The van der Waals surface area contributed by atoms with Crippen LogP contribution in [0.25, 0.3) is 165 Å². The van der Waals surface area contributed by atoms with Crippen LogP contribution in [0, 0.1) is 16.7 Å². The summed E-state index contributed by atoms with van der Waals surface area (Å²) in [7, 11) is 0. The van der Waals surface area contributed by atoms with Crippen molar-refractivity contribution in [3.8, 4) is 39.7 Å². The number of rotatable bonds is 5. The molecular formula is C68H36N4O4. The molecule has 0 saturated carbocycles. The number of hydrogen-bond donors (Lipinski definition) is 1. The number of furan rings is 4. The molecule has 76 heavy (non-hydrogen) atoms. The van der Waals surface area contributed by atoms with Crippen molar-refractivity contribution in [2.45, 2.75) is 0 Å². The summed E-state index contributed by atoms with van der Waals surface area (Å²) in [6.07, 6.45) is 1.37. The van der Waals surface area contributed by atoms with Crippen LogP contribution in [0.2, 0.25) is 0 Å². The Balaban J connectivity index is 0.906. The highest BCUT2D eigenvalue weighted by molar-refractivity contribution is 6.26. The molecule has 1 N–H and O–H groups in total. The molecule has 0 amide bonds. The Hall–Kier alpha value is -10.6. The Kier molecular flexibility index (Phi) is 8.07. The molecule has 0 aliphatic rings. The summed E-state index contributed by atoms with van der Waals surface area (Å²) >= 11 is 0. The van der Waals surface area contributed by atoms with Crippen molar-refractivity contribution < 1.29 is 17.7 Å². The molecule has 8 nitrogen and oxygen atoms in total. The quantitative estimate of drug-likeness (QED) is 0.173. The lowest BCUT2D eigenvalue weighted by Gasteiger charge is -2.17. The Bertz CT molecular complexity index is 5470. The lowest BCUT2D eigenvalue weighted by molar-refractivity contribution is 0.668. The molecule has 17 aromatic rings. The lowest BCUT2D eigenvalue weighted by atomic mass is 10.00. The van der Waals surface area contributed by atoms with E-state index in [0.29, 0.717) is 16.8 Å². The van der Waals surface area contributed by atoms with Crippen LogP contribution < -0.4 is 0 Å². The Morgan fingerprint density at radius 1 is 0.355 bits per heavy atom. The Labute approximate surface area is 430 Å². The maximum absolute atomic E-state index is 11.4. The molecule has 0 bridgehead atoms. The zero-order valence-electron chi connectivity index (χ0n) is 40.2. The predicted octanol–water partition coefficient (Wildman–Crippen LogP) is 18.7. The number of para-hydroxylation sites is 4. The highest BCUT2D eigenvalue weighted by Gasteiger charge is 2.26. The molecule has 8 heteroatoms. The number of fused-ring (bicyclic) bond motifs is 20. The maximum Gasteiger partial charge on any atom is 0.145 e. The smallest absolute Gasteiger partial charge is 0.145 e. The monoisotopic (exact) mass is 972 g/mol. The van der Waals surface area contributed by atoms with Crippen molar-refractivity contribution in [3.63, 3.8) is 0 Å². The molecule has 0 spiro atoms. The van der Waals surface area contributed by atoms with E-state index in [4.69, 9.17) is 23.1 Å². The number of nitrogens with one attached hydrogen (secondary N) is 1. The van der Waals surface area contributed by atoms with Crippen molar-refractivity contribution in [2.24, 2.45) is 0 Å². The zero-order valence-corrected chi connectivity index (χ0v) is 40.2. The molecule has 17 rings (SSSR count). The summed E-state index contributed by atoms with van der Waals surface area (Å²) in [5.74, 6) is 0. The summed E-state index contributed by atoms with van der Waals surface area (Å²) in [5, 5.41) is 32.8.